The molecule has 0 unspecified atom stereocenters. The second-order valence-electron chi connectivity index (χ2n) is 23.0. The molecule has 3 aromatic rings. The Bertz CT molecular complexity index is 2670. The van der Waals surface area contributed by atoms with Gasteiger partial charge >= 0.3 is 5.97 Å². The Kier molecular flexibility index (Phi) is 15.4. The highest BCUT2D eigenvalue weighted by atomic mass is 16.7. The van der Waals surface area contributed by atoms with Crippen LogP contribution in [-0.4, -0.2) is 121 Å². The van der Waals surface area contributed by atoms with Crippen LogP contribution in [0.15, 0.2) is 85.9 Å². The number of benzene rings is 2. The zero-order chi connectivity index (χ0) is 52.7. The molecule has 8 aliphatic rings. The van der Waals surface area contributed by atoms with Crippen molar-refractivity contribution in [2.75, 3.05) is 26.9 Å². The standard InChI is InChI=1S/C60H74N2O13/c1-3-7-38-15-17-44(29-41(38)28-42(35-71-2)48(34-64)62-24-20-37(32-61)33-62)74-56-60-31-47(49(65)9-6-26-72-50(10-5-25-63)53(75-56)52(66)54(60)67)57(23-27-73-60)22-19-51-58(70,36-57)30-46-45(18-16-43-8-4-21-59(43,46)51)39-11-13-40(14-12-39)55(68)69/h3,11-15,17,20,23-24,27,29,33,42-43,45-54,56,63-67,70H,1,4-5,7-10,16,18-19,21-22,25,28,30-31,34-36H2,2H3,(H,68,69)/t42-,43-,45-,46-,47-,48+,49+,50-,51+,52+,53+,54-,56-,57-,58+,59+,60+/m0/s1. The van der Waals surface area contributed by atoms with Crippen LogP contribution >= 0.6 is 0 Å². The second kappa shape index (κ2) is 21.7. The van der Waals surface area contributed by atoms with E-state index in [4.69, 9.17) is 23.7 Å². The van der Waals surface area contributed by atoms with Gasteiger partial charge in [0.15, 0.2) is 5.60 Å². The van der Waals surface area contributed by atoms with Crippen molar-refractivity contribution in [1.29, 1.82) is 5.26 Å². The SMILES string of the molecule is C=CCc1ccc(O[C@H]2O[C@H]3[C@@H](O)[C@H](O)[C@]24C[C@@H]([C@H](O)CC#CO[C@H]3CCCO)[C@]2(C=CO4)CC[C@@H]3[C@@](O)(C[C@H]4[C@H](c5ccc(C(=O)O)cc5)CC[C@@H]5CCC[C@]534)C2)cc1C[C@@H](COC)[C@@H](CO)n1ccc(C#N)c1. The lowest BCUT2D eigenvalue weighted by molar-refractivity contribution is -0.334. The minimum Gasteiger partial charge on any atom is -0.486 e. The van der Waals surface area contributed by atoms with E-state index in [0.29, 0.717) is 55.8 Å². The van der Waals surface area contributed by atoms with Gasteiger partial charge in [0.25, 0.3) is 0 Å². The van der Waals surface area contributed by atoms with Gasteiger partial charge in [-0.1, -0.05) is 36.6 Å². The number of carboxylic acids is 1. The van der Waals surface area contributed by atoms with Gasteiger partial charge in [-0.2, -0.15) is 5.26 Å². The van der Waals surface area contributed by atoms with E-state index in [1.165, 1.54) is 0 Å². The van der Waals surface area contributed by atoms with E-state index in [2.05, 4.69) is 24.7 Å². The van der Waals surface area contributed by atoms with Gasteiger partial charge in [0.2, 0.25) is 6.29 Å². The molecule has 17 atom stereocenters. The largest absolute Gasteiger partial charge is 0.486 e. The normalized spacial score (nSPS) is 37.3. The van der Waals surface area contributed by atoms with Gasteiger partial charge in [-0.15, -0.1) is 6.58 Å². The number of ether oxygens (including phenoxy) is 5. The Morgan fingerprint density at radius 3 is 2.60 bits per heavy atom. The van der Waals surface area contributed by atoms with Crippen molar-refractivity contribution in [2.45, 2.75) is 156 Å². The number of hydrogen-bond donors (Lipinski definition) is 7. The van der Waals surface area contributed by atoms with E-state index in [1.807, 2.05) is 41.0 Å². The molecule has 3 spiro atoms. The first-order valence-electron chi connectivity index (χ1n) is 27.2. The number of hydrogen-bond acceptors (Lipinski definition) is 13. The molecule has 7 N–H and O–H groups in total. The average molecular weight is 1030 g/mol. The summed E-state index contributed by atoms with van der Waals surface area (Å²) in [6.45, 7) is 3.91. The predicted octanol–water partition coefficient (Wildman–Crippen LogP) is 6.72. The molecule has 1 saturated heterocycles. The Hall–Kier alpha value is -5.20. The molecule has 11 rings (SSSR count). The molecule has 4 saturated carbocycles. The van der Waals surface area contributed by atoms with E-state index in [-0.39, 0.29) is 80.2 Å². The molecule has 402 valence electrons. The topological polar surface area (TPSA) is 234 Å². The maximum atomic E-state index is 13.6. The number of carbonyl (C=O) groups is 1. The lowest BCUT2D eigenvalue weighted by Gasteiger charge is -2.56. The molecule has 4 aliphatic heterocycles. The summed E-state index contributed by atoms with van der Waals surface area (Å²) in [7, 11) is 1.61. The summed E-state index contributed by atoms with van der Waals surface area (Å²) in [6.07, 6.45) is 12.6. The average Bonchev–Trinajstić information content (AvgIpc) is 4.10. The van der Waals surface area contributed by atoms with Crippen LogP contribution in [0, 0.1) is 63.8 Å². The van der Waals surface area contributed by atoms with Crippen LogP contribution in [0.5, 0.6) is 5.75 Å². The van der Waals surface area contributed by atoms with Crippen molar-refractivity contribution in [3.05, 3.63) is 114 Å². The molecule has 5 heterocycles. The summed E-state index contributed by atoms with van der Waals surface area (Å²) in [4.78, 5) is 11.9. The van der Waals surface area contributed by atoms with Crippen molar-refractivity contribution in [3.63, 3.8) is 0 Å². The summed E-state index contributed by atoms with van der Waals surface area (Å²) < 4.78 is 34.4. The molecule has 3 bridgehead atoms. The summed E-state index contributed by atoms with van der Waals surface area (Å²) in [5.41, 5.74) is -0.251. The quantitative estimate of drug-likeness (QED) is 0.0583. The van der Waals surface area contributed by atoms with Crippen molar-refractivity contribution in [2.24, 2.45) is 40.4 Å². The Labute approximate surface area is 439 Å². The number of nitriles is 1. The van der Waals surface area contributed by atoms with Gasteiger partial charge in [-0.05, 0) is 171 Å². The summed E-state index contributed by atoms with van der Waals surface area (Å²) in [5, 5.41) is 91.3. The highest BCUT2D eigenvalue weighted by molar-refractivity contribution is 5.87. The monoisotopic (exact) mass is 1030 g/mol. The third-order valence-electron chi connectivity index (χ3n) is 19.4. The number of aromatic nitrogens is 1. The zero-order valence-electron chi connectivity index (χ0n) is 42.9. The number of fused-ring (bicyclic) bond motifs is 7. The molecule has 15 nitrogen and oxygen atoms in total. The smallest absolute Gasteiger partial charge is 0.335 e. The van der Waals surface area contributed by atoms with Gasteiger partial charge in [0, 0.05) is 44.9 Å². The van der Waals surface area contributed by atoms with E-state index in [1.54, 1.807) is 50.0 Å². The van der Waals surface area contributed by atoms with E-state index >= 15 is 0 Å². The van der Waals surface area contributed by atoms with Crippen LogP contribution in [0.3, 0.4) is 0 Å². The first kappa shape index (κ1) is 53.2. The zero-order valence-corrected chi connectivity index (χ0v) is 42.9. The summed E-state index contributed by atoms with van der Waals surface area (Å²) >= 11 is 0. The Balaban J connectivity index is 1.01. The van der Waals surface area contributed by atoms with E-state index in [0.717, 1.165) is 48.8 Å². The fourth-order valence-corrected chi connectivity index (χ4v) is 16.2. The third-order valence-corrected chi connectivity index (χ3v) is 19.4. The maximum Gasteiger partial charge on any atom is 0.335 e. The van der Waals surface area contributed by atoms with Gasteiger partial charge in [-0.25, -0.2) is 4.79 Å². The summed E-state index contributed by atoms with van der Waals surface area (Å²) in [5.74, 6) is 2.28. The minimum absolute atomic E-state index is 0.00292. The van der Waals surface area contributed by atoms with Gasteiger partial charge in [0.1, 0.15) is 42.3 Å². The van der Waals surface area contributed by atoms with Crippen LogP contribution in [0.4, 0.5) is 0 Å². The molecule has 15 heteroatoms. The highest BCUT2D eigenvalue weighted by Crippen LogP contribution is 2.75. The molecule has 1 aromatic heterocycles. The molecule has 2 aromatic carbocycles. The van der Waals surface area contributed by atoms with Crippen LogP contribution in [0.2, 0.25) is 0 Å². The predicted molar refractivity (Wildman–Crippen MR) is 275 cm³/mol. The van der Waals surface area contributed by atoms with Crippen molar-refractivity contribution in [1.82, 2.24) is 4.57 Å². The fraction of sp³-hybridized carbons (Fsp3) is 0.600. The molecule has 75 heavy (non-hydrogen) atoms. The minimum atomic E-state index is -1.82. The van der Waals surface area contributed by atoms with Crippen molar-refractivity contribution in [3.8, 4) is 23.8 Å². The molecule has 5 fully saturated rings. The number of aliphatic hydroxyl groups is 6. The molecule has 4 aliphatic carbocycles. The van der Waals surface area contributed by atoms with Crippen molar-refractivity contribution >= 4 is 5.97 Å². The van der Waals surface area contributed by atoms with Crippen LogP contribution in [-0.2, 0) is 31.8 Å². The lowest BCUT2D eigenvalue weighted by atomic mass is 9.50. The number of methoxy groups -OCH3 is 1. The summed E-state index contributed by atoms with van der Waals surface area (Å²) in [6, 6.07) is 16.4. The Morgan fingerprint density at radius 2 is 1.87 bits per heavy atom. The molecule has 0 radical (unpaired) electrons. The van der Waals surface area contributed by atoms with Gasteiger partial charge < -0.3 is 64.0 Å². The third kappa shape index (κ3) is 9.50. The van der Waals surface area contributed by atoms with Gasteiger partial charge in [-0.3, -0.25) is 0 Å². The number of nitrogens with zero attached hydrogens (tertiary/aromatic N) is 2. The molecular formula is C60H74N2O13. The van der Waals surface area contributed by atoms with Crippen molar-refractivity contribution < 1.29 is 64.2 Å². The second-order valence-corrected chi connectivity index (χ2v) is 23.0. The number of carboxylic acid groups (broad SMARTS) is 1. The number of aliphatic hydroxyl groups excluding tert-OH is 5. The number of aromatic carboxylic acids is 1. The van der Waals surface area contributed by atoms with E-state index < -0.39 is 71.4 Å². The highest BCUT2D eigenvalue weighted by Gasteiger charge is 2.72. The van der Waals surface area contributed by atoms with Gasteiger partial charge in [0.05, 0.1) is 48.3 Å². The molecular weight excluding hydrogens is 957 g/mol. The molecule has 0 amide bonds. The lowest BCUT2D eigenvalue weighted by Crippen LogP contribution is -2.70. The first-order chi connectivity index (χ1) is 36.3. The fourth-order valence-electron chi connectivity index (χ4n) is 16.2. The van der Waals surface area contributed by atoms with E-state index in [9.17, 15) is 45.8 Å². The maximum absolute atomic E-state index is 13.6. The first-order valence-corrected chi connectivity index (χ1v) is 27.2. The number of rotatable bonds is 16. The van der Waals surface area contributed by atoms with Crippen LogP contribution in [0.1, 0.15) is 128 Å². The Morgan fingerprint density at radius 1 is 1.04 bits per heavy atom. The van der Waals surface area contributed by atoms with Crippen LogP contribution < -0.4 is 4.74 Å². The van der Waals surface area contributed by atoms with Crippen LogP contribution in [0.25, 0.3) is 0 Å². The number of allylic oxidation sites excluding steroid dienone is 2.